The molecule has 0 amide bonds. The molecule has 0 radical (unpaired) electrons. The van der Waals surface area contributed by atoms with E-state index in [9.17, 15) is 0 Å². The summed E-state index contributed by atoms with van der Waals surface area (Å²) < 4.78 is 11.2. The minimum atomic E-state index is 0.206. The Morgan fingerprint density at radius 1 is 1.24 bits per heavy atom. The van der Waals surface area contributed by atoms with E-state index in [0.29, 0.717) is 39.1 Å². The third-order valence-corrected chi connectivity index (χ3v) is 4.74. The van der Waals surface area contributed by atoms with Gasteiger partial charge in [-0.3, -0.25) is 0 Å². The van der Waals surface area contributed by atoms with Crippen molar-refractivity contribution in [3.05, 3.63) is 28.0 Å². The zero-order valence-electron chi connectivity index (χ0n) is 11.1. The first kappa shape index (κ1) is 13.4. The van der Waals surface area contributed by atoms with E-state index in [4.69, 9.17) is 38.2 Å². The van der Waals surface area contributed by atoms with Gasteiger partial charge in [0.2, 0.25) is 0 Å². The Morgan fingerprint density at radius 2 is 2.10 bits per heavy atom. The highest BCUT2D eigenvalue weighted by Crippen LogP contribution is 2.44. The van der Waals surface area contributed by atoms with E-state index in [2.05, 4.69) is 10.1 Å². The summed E-state index contributed by atoms with van der Waals surface area (Å²) >= 11 is 12.0. The normalized spacial score (nSPS) is 27.4. The van der Waals surface area contributed by atoms with Crippen LogP contribution in [0.3, 0.4) is 0 Å². The fourth-order valence-electron chi connectivity index (χ4n) is 3.17. The predicted molar refractivity (Wildman–Crippen MR) is 79.4 cm³/mol. The van der Waals surface area contributed by atoms with Crippen molar-refractivity contribution in [1.29, 1.82) is 0 Å². The lowest BCUT2D eigenvalue weighted by molar-refractivity contribution is 0.0996. The summed E-state index contributed by atoms with van der Waals surface area (Å²) in [5.74, 6) is 1.22. The fraction of sp³-hybridized carbons (Fsp3) is 0.429. The molecule has 21 heavy (non-hydrogen) atoms. The van der Waals surface area contributed by atoms with Crippen molar-refractivity contribution in [2.24, 2.45) is 0 Å². The second-order valence-electron chi connectivity index (χ2n) is 5.52. The molecule has 2 fully saturated rings. The smallest absolute Gasteiger partial charge is 0.260 e. The van der Waals surface area contributed by atoms with Crippen LogP contribution in [-0.4, -0.2) is 22.3 Å². The lowest BCUT2D eigenvalue weighted by atomic mass is 9.89. The van der Waals surface area contributed by atoms with Gasteiger partial charge in [0, 0.05) is 5.02 Å². The number of fused-ring (bicyclic) bond motifs is 2. The highest BCUT2D eigenvalue weighted by molar-refractivity contribution is 6.37. The molecule has 0 spiro atoms. The summed E-state index contributed by atoms with van der Waals surface area (Å²) in [5, 5.41) is 4.94. The Labute approximate surface area is 131 Å². The highest BCUT2D eigenvalue weighted by Gasteiger charge is 2.43. The third kappa shape index (κ3) is 2.20. The lowest BCUT2D eigenvalue weighted by Crippen LogP contribution is -2.15. The molecule has 0 aliphatic carbocycles. The van der Waals surface area contributed by atoms with Gasteiger partial charge in [-0.1, -0.05) is 28.4 Å². The van der Waals surface area contributed by atoms with Crippen molar-refractivity contribution >= 4 is 28.9 Å². The standard InChI is InChI=1S/C14H13Cl2N3O2/c15-6-3-9(12(17)10(16)4-6)14-18-13(19-21-14)8-5-7-1-2-11(8)20-7/h3-4,7-8,11H,1-2,5,17H2. The second kappa shape index (κ2) is 4.87. The molecule has 0 saturated carbocycles. The van der Waals surface area contributed by atoms with Crippen LogP contribution in [0.5, 0.6) is 0 Å². The van der Waals surface area contributed by atoms with Crippen LogP contribution < -0.4 is 5.73 Å². The van der Waals surface area contributed by atoms with Crippen molar-refractivity contribution in [1.82, 2.24) is 10.1 Å². The van der Waals surface area contributed by atoms with Crippen molar-refractivity contribution in [3.8, 4) is 11.5 Å². The monoisotopic (exact) mass is 325 g/mol. The molecule has 1 aromatic carbocycles. The van der Waals surface area contributed by atoms with Crippen molar-refractivity contribution in [3.63, 3.8) is 0 Å². The van der Waals surface area contributed by atoms with E-state index >= 15 is 0 Å². The summed E-state index contributed by atoms with van der Waals surface area (Å²) in [4.78, 5) is 4.47. The van der Waals surface area contributed by atoms with Gasteiger partial charge in [-0.25, -0.2) is 0 Å². The first-order valence-corrected chi connectivity index (χ1v) is 7.61. The molecule has 110 valence electrons. The van der Waals surface area contributed by atoms with Crippen LogP contribution in [0.25, 0.3) is 11.5 Å². The molecule has 4 rings (SSSR count). The van der Waals surface area contributed by atoms with Crippen LogP contribution >= 0.6 is 23.2 Å². The van der Waals surface area contributed by atoms with Gasteiger partial charge in [0.05, 0.1) is 34.4 Å². The summed E-state index contributed by atoms with van der Waals surface area (Å²) in [5.41, 5.74) is 6.92. The minimum Gasteiger partial charge on any atom is -0.397 e. The molecular formula is C14H13Cl2N3O2. The number of rotatable bonds is 2. The van der Waals surface area contributed by atoms with Gasteiger partial charge in [-0.05, 0) is 31.4 Å². The number of benzene rings is 1. The first-order chi connectivity index (χ1) is 10.1. The molecule has 2 bridgehead atoms. The van der Waals surface area contributed by atoms with Gasteiger partial charge in [0.15, 0.2) is 5.82 Å². The molecule has 7 heteroatoms. The number of hydrogen-bond acceptors (Lipinski definition) is 5. The van der Waals surface area contributed by atoms with Crippen LogP contribution in [0.15, 0.2) is 16.7 Å². The largest absolute Gasteiger partial charge is 0.397 e. The number of hydrogen-bond donors (Lipinski definition) is 1. The third-order valence-electron chi connectivity index (χ3n) is 4.20. The predicted octanol–water partition coefficient (Wildman–Crippen LogP) is 3.66. The van der Waals surface area contributed by atoms with Gasteiger partial charge < -0.3 is 15.0 Å². The van der Waals surface area contributed by atoms with Crippen LogP contribution in [0, 0.1) is 0 Å². The second-order valence-corrected chi connectivity index (χ2v) is 6.37. The molecule has 3 atom stereocenters. The average molecular weight is 326 g/mol. The van der Waals surface area contributed by atoms with Crippen LogP contribution in [0.2, 0.25) is 10.0 Å². The number of aromatic nitrogens is 2. The maximum atomic E-state index is 6.04. The van der Waals surface area contributed by atoms with Gasteiger partial charge >= 0.3 is 0 Å². The maximum absolute atomic E-state index is 6.04. The van der Waals surface area contributed by atoms with Crippen molar-refractivity contribution in [2.45, 2.75) is 37.4 Å². The summed E-state index contributed by atoms with van der Waals surface area (Å²) in [6, 6.07) is 3.26. The van der Waals surface area contributed by atoms with Crippen LogP contribution in [0.1, 0.15) is 31.0 Å². The Bertz CT molecular complexity index is 704. The molecule has 2 N–H and O–H groups in total. The number of nitrogens with two attached hydrogens (primary N) is 1. The van der Waals surface area contributed by atoms with Gasteiger partial charge in [-0.15, -0.1) is 0 Å². The summed E-state index contributed by atoms with van der Waals surface area (Å²) in [6.45, 7) is 0. The van der Waals surface area contributed by atoms with E-state index in [1.54, 1.807) is 12.1 Å². The molecule has 2 aliphatic heterocycles. The zero-order valence-corrected chi connectivity index (χ0v) is 12.6. The minimum absolute atomic E-state index is 0.206. The highest BCUT2D eigenvalue weighted by atomic mass is 35.5. The number of anilines is 1. The molecule has 2 aliphatic rings. The van der Waals surface area contributed by atoms with E-state index < -0.39 is 0 Å². The maximum Gasteiger partial charge on any atom is 0.260 e. The van der Waals surface area contributed by atoms with E-state index in [0.717, 1.165) is 19.3 Å². The van der Waals surface area contributed by atoms with Crippen molar-refractivity contribution in [2.75, 3.05) is 5.73 Å². The molecule has 2 aromatic rings. The number of nitrogen functional groups attached to an aromatic ring is 1. The quantitative estimate of drug-likeness (QED) is 0.853. The number of halogens is 2. The number of ether oxygens (including phenoxy) is 1. The molecule has 2 saturated heterocycles. The number of nitrogens with zero attached hydrogens (tertiary/aromatic N) is 2. The SMILES string of the molecule is Nc1c(Cl)cc(Cl)cc1-c1nc(C2CC3CCC2O3)no1. The van der Waals surface area contributed by atoms with Crippen LogP contribution in [0.4, 0.5) is 5.69 Å². The molecule has 5 nitrogen and oxygen atoms in total. The molecule has 1 aromatic heterocycles. The van der Waals surface area contributed by atoms with Gasteiger partial charge in [0.25, 0.3) is 5.89 Å². The van der Waals surface area contributed by atoms with Crippen LogP contribution in [-0.2, 0) is 4.74 Å². The Kier molecular flexibility index (Phi) is 3.10. The summed E-state index contributed by atoms with van der Waals surface area (Å²) in [6.07, 6.45) is 3.69. The average Bonchev–Trinajstić information content (AvgIpc) is 3.17. The first-order valence-electron chi connectivity index (χ1n) is 6.86. The van der Waals surface area contributed by atoms with Gasteiger partial charge in [0.1, 0.15) is 0 Å². The molecular weight excluding hydrogens is 313 g/mol. The topological polar surface area (TPSA) is 74.2 Å². The lowest BCUT2D eigenvalue weighted by Gasteiger charge is -2.13. The Morgan fingerprint density at radius 3 is 2.81 bits per heavy atom. The van der Waals surface area contributed by atoms with Crippen molar-refractivity contribution < 1.29 is 9.26 Å². The van der Waals surface area contributed by atoms with E-state index in [1.165, 1.54) is 0 Å². The fourth-order valence-corrected chi connectivity index (χ4v) is 3.66. The summed E-state index contributed by atoms with van der Waals surface area (Å²) in [7, 11) is 0. The zero-order chi connectivity index (χ0) is 14.6. The van der Waals surface area contributed by atoms with E-state index in [-0.39, 0.29) is 12.0 Å². The van der Waals surface area contributed by atoms with Gasteiger partial charge in [-0.2, -0.15) is 4.98 Å². The van der Waals surface area contributed by atoms with E-state index in [1.807, 2.05) is 0 Å². The Balaban J connectivity index is 1.69. The molecule has 3 unspecified atom stereocenters. The Hall–Kier alpha value is -1.30. The molecule has 3 heterocycles.